The number of aromatic nitrogens is 2. The van der Waals surface area contributed by atoms with Crippen LogP contribution in [0.1, 0.15) is 34.6 Å². The van der Waals surface area contributed by atoms with Gasteiger partial charge in [-0.2, -0.15) is 0 Å². The van der Waals surface area contributed by atoms with Gasteiger partial charge in [0.05, 0.1) is 7.11 Å². The Morgan fingerprint density at radius 3 is 2.36 bits per heavy atom. The van der Waals surface area contributed by atoms with E-state index in [0.29, 0.717) is 13.0 Å². The highest BCUT2D eigenvalue weighted by Crippen LogP contribution is 2.35. The zero-order valence-electron chi connectivity index (χ0n) is 20.3. The smallest absolute Gasteiger partial charge is 0.221 e. The summed E-state index contributed by atoms with van der Waals surface area (Å²) >= 11 is 0. The fourth-order valence-corrected chi connectivity index (χ4v) is 4.67. The summed E-state index contributed by atoms with van der Waals surface area (Å²) in [5, 5.41) is 4.25. The molecular weight excluding hydrogens is 446 g/mol. The maximum absolute atomic E-state index is 13.2. The fourth-order valence-electron chi connectivity index (χ4n) is 4.67. The summed E-state index contributed by atoms with van der Waals surface area (Å²) in [5.74, 6) is 0.703. The lowest BCUT2D eigenvalue weighted by molar-refractivity contribution is -0.121. The second-order valence-corrected chi connectivity index (χ2v) is 8.88. The highest BCUT2D eigenvalue weighted by atomic mass is 16.5. The zero-order chi connectivity index (χ0) is 24.7. The van der Waals surface area contributed by atoms with Gasteiger partial charge in [-0.25, -0.2) is 0 Å². The number of carbonyl (C=O) groups is 1. The van der Waals surface area contributed by atoms with Gasteiger partial charge in [-0.15, -0.1) is 0 Å². The molecule has 180 valence electrons. The summed E-state index contributed by atoms with van der Waals surface area (Å²) in [6.07, 6.45) is 6.03. The van der Waals surface area contributed by atoms with E-state index in [0.717, 1.165) is 39.9 Å². The molecule has 3 aromatic carbocycles. The van der Waals surface area contributed by atoms with Gasteiger partial charge in [0.1, 0.15) is 5.75 Å². The van der Waals surface area contributed by atoms with Crippen molar-refractivity contribution in [3.05, 3.63) is 132 Å². The summed E-state index contributed by atoms with van der Waals surface area (Å²) in [6, 6.07) is 30.7. The molecule has 0 saturated carbocycles. The van der Waals surface area contributed by atoms with E-state index in [1.54, 1.807) is 19.5 Å². The lowest BCUT2D eigenvalue weighted by Crippen LogP contribution is -2.25. The third kappa shape index (κ3) is 5.31. The first-order valence-electron chi connectivity index (χ1n) is 12.1. The lowest BCUT2D eigenvalue weighted by atomic mass is 9.88. The molecule has 0 aliphatic carbocycles. The number of pyridine rings is 1. The van der Waals surface area contributed by atoms with E-state index in [1.165, 1.54) is 5.56 Å². The van der Waals surface area contributed by atoms with E-state index in [-0.39, 0.29) is 11.8 Å². The second kappa shape index (κ2) is 10.9. The Labute approximate surface area is 211 Å². The largest absolute Gasteiger partial charge is 0.497 e. The molecule has 0 aliphatic rings. The van der Waals surface area contributed by atoms with E-state index in [2.05, 4.69) is 81.7 Å². The molecule has 0 bridgehead atoms. The number of benzene rings is 3. The maximum Gasteiger partial charge on any atom is 0.221 e. The lowest BCUT2D eigenvalue weighted by Gasteiger charge is -2.18. The van der Waals surface area contributed by atoms with Crippen molar-refractivity contribution in [1.29, 1.82) is 0 Å². The van der Waals surface area contributed by atoms with Crippen LogP contribution in [-0.4, -0.2) is 22.6 Å². The molecule has 0 saturated heterocycles. The normalized spacial score (nSPS) is 11.8. The van der Waals surface area contributed by atoms with E-state index in [1.807, 2.05) is 30.3 Å². The molecule has 1 N–H and O–H groups in total. The molecule has 5 nitrogen and oxygen atoms in total. The van der Waals surface area contributed by atoms with Gasteiger partial charge in [-0.3, -0.25) is 9.78 Å². The fraction of sp³-hybridized carbons (Fsp3) is 0.161. The quantitative estimate of drug-likeness (QED) is 0.287. The molecule has 0 spiro atoms. The van der Waals surface area contributed by atoms with Crippen LogP contribution in [0.3, 0.4) is 0 Å². The molecule has 1 atom stereocenters. The number of hydrogen-bond donors (Lipinski definition) is 1. The molecular formula is C31H29N3O2. The van der Waals surface area contributed by atoms with E-state index in [9.17, 15) is 4.79 Å². The van der Waals surface area contributed by atoms with Crippen molar-refractivity contribution in [2.75, 3.05) is 7.11 Å². The molecule has 0 aliphatic heterocycles. The predicted octanol–water partition coefficient (Wildman–Crippen LogP) is 5.93. The van der Waals surface area contributed by atoms with Crippen molar-refractivity contribution in [3.63, 3.8) is 0 Å². The van der Waals surface area contributed by atoms with Crippen molar-refractivity contribution in [1.82, 2.24) is 14.9 Å². The number of carbonyl (C=O) groups excluding carboxylic acids is 1. The third-order valence-electron chi connectivity index (χ3n) is 6.54. The second-order valence-electron chi connectivity index (χ2n) is 8.88. The topological polar surface area (TPSA) is 56.1 Å². The van der Waals surface area contributed by atoms with Gasteiger partial charge in [0, 0.05) is 54.9 Å². The van der Waals surface area contributed by atoms with Crippen LogP contribution >= 0.6 is 0 Å². The van der Waals surface area contributed by atoms with Crippen molar-refractivity contribution < 1.29 is 9.53 Å². The third-order valence-corrected chi connectivity index (χ3v) is 6.54. The van der Waals surface area contributed by atoms with Crippen molar-refractivity contribution >= 4 is 16.8 Å². The van der Waals surface area contributed by atoms with Gasteiger partial charge in [-0.05, 0) is 52.6 Å². The zero-order valence-corrected chi connectivity index (χ0v) is 20.3. The number of ether oxygens (including phenoxy) is 1. The van der Waals surface area contributed by atoms with E-state index in [4.69, 9.17) is 4.74 Å². The predicted molar refractivity (Wildman–Crippen MR) is 143 cm³/mol. The Bertz CT molecular complexity index is 1430. The van der Waals surface area contributed by atoms with Gasteiger partial charge >= 0.3 is 0 Å². The summed E-state index contributed by atoms with van der Waals surface area (Å²) in [6.45, 7) is 1.25. The van der Waals surface area contributed by atoms with Crippen LogP contribution in [0.15, 0.2) is 110 Å². The van der Waals surface area contributed by atoms with Crippen LogP contribution in [0.2, 0.25) is 0 Å². The number of rotatable bonds is 9. The Hall–Kier alpha value is -4.38. The van der Waals surface area contributed by atoms with Crippen LogP contribution in [0.5, 0.6) is 5.75 Å². The molecule has 0 radical (unpaired) electrons. The molecule has 5 aromatic rings. The van der Waals surface area contributed by atoms with Crippen LogP contribution in [0.25, 0.3) is 10.9 Å². The molecule has 36 heavy (non-hydrogen) atoms. The van der Waals surface area contributed by atoms with Crippen LogP contribution in [-0.2, 0) is 17.9 Å². The average molecular weight is 476 g/mol. The SMILES string of the molecule is COc1ccc([C@@H](CC(=O)NCc2ccncc2)c2cn(Cc3ccccc3)c3ccccc23)cc1. The van der Waals surface area contributed by atoms with Crippen LogP contribution < -0.4 is 10.1 Å². The number of amides is 1. The first kappa shape index (κ1) is 23.4. The minimum Gasteiger partial charge on any atom is -0.497 e. The van der Waals surface area contributed by atoms with E-state index < -0.39 is 0 Å². The Morgan fingerprint density at radius 1 is 0.889 bits per heavy atom. The van der Waals surface area contributed by atoms with Gasteiger partial charge in [-0.1, -0.05) is 60.7 Å². The molecule has 0 unspecified atom stereocenters. The number of nitrogens with zero attached hydrogens (tertiary/aromatic N) is 2. The molecule has 1 amide bonds. The highest BCUT2D eigenvalue weighted by molar-refractivity contribution is 5.86. The van der Waals surface area contributed by atoms with Gasteiger partial charge < -0.3 is 14.6 Å². The molecule has 2 aromatic heterocycles. The standard InChI is InChI=1S/C31H29N3O2/c1-36-26-13-11-25(12-14-26)28(19-31(35)33-20-23-15-17-32-18-16-23)29-22-34(21-24-7-3-2-4-8-24)30-10-6-5-9-27(29)30/h2-18,22,28H,19-21H2,1H3,(H,33,35)/t28-/m1/s1. The number of hydrogen-bond acceptors (Lipinski definition) is 3. The van der Waals surface area contributed by atoms with E-state index >= 15 is 0 Å². The highest BCUT2D eigenvalue weighted by Gasteiger charge is 2.23. The minimum absolute atomic E-state index is 0.00696. The summed E-state index contributed by atoms with van der Waals surface area (Å²) in [7, 11) is 1.66. The molecule has 5 heteroatoms. The van der Waals surface area contributed by atoms with Gasteiger partial charge in [0.2, 0.25) is 5.91 Å². The van der Waals surface area contributed by atoms with Crippen LogP contribution in [0.4, 0.5) is 0 Å². The Morgan fingerprint density at radius 2 is 1.61 bits per heavy atom. The summed E-state index contributed by atoms with van der Waals surface area (Å²) in [5.41, 5.74) is 5.65. The number of fused-ring (bicyclic) bond motifs is 1. The molecule has 2 heterocycles. The van der Waals surface area contributed by atoms with Gasteiger partial charge in [0.15, 0.2) is 0 Å². The molecule has 5 rings (SSSR count). The summed E-state index contributed by atoms with van der Waals surface area (Å²) < 4.78 is 7.66. The molecule has 0 fully saturated rings. The van der Waals surface area contributed by atoms with Gasteiger partial charge in [0.25, 0.3) is 0 Å². The minimum atomic E-state index is -0.102. The van der Waals surface area contributed by atoms with Crippen molar-refractivity contribution in [2.45, 2.75) is 25.4 Å². The van der Waals surface area contributed by atoms with Crippen molar-refractivity contribution in [3.8, 4) is 5.75 Å². The number of para-hydroxylation sites is 1. The first-order valence-corrected chi connectivity index (χ1v) is 12.1. The monoisotopic (exact) mass is 475 g/mol. The Balaban J connectivity index is 1.49. The average Bonchev–Trinajstić information content (AvgIpc) is 3.30. The number of methoxy groups -OCH3 is 1. The van der Waals surface area contributed by atoms with Crippen LogP contribution in [0, 0.1) is 0 Å². The Kier molecular flexibility index (Phi) is 7.08. The summed E-state index contributed by atoms with van der Waals surface area (Å²) in [4.78, 5) is 17.2. The van der Waals surface area contributed by atoms with Crippen molar-refractivity contribution in [2.24, 2.45) is 0 Å². The first-order chi connectivity index (χ1) is 17.7. The maximum atomic E-state index is 13.2. The number of nitrogens with one attached hydrogen (secondary N) is 1.